The molecule has 6 nitrogen and oxygen atoms in total. The number of nitrogens with one attached hydrogen (secondary N) is 1. The summed E-state index contributed by atoms with van der Waals surface area (Å²) in [5, 5.41) is 4.29. The van der Waals surface area contributed by atoms with Crippen LogP contribution in [0.1, 0.15) is 6.42 Å². The molecule has 0 aliphatic carbocycles. The van der Waals surface area contributed by atoms with Crippen molar-refractivity contribution in [3.05, 3.63) is 54.6 Å². The highest BCUT2D eigenvalue weighted by atomic mass is 35.5. The molecule has 1 aromatic heterocycles. The highest BCUT2D eigenvalue weighted by Gasteiger charge is 2.34. The van der Waals surface area contributed by atoms with E-state index in [1.165, 1.54) is 0 Å². The molecule has 10 heteroatoms. The van der Waals surface area contributed by atoms with Crippen LogP contribution in [0.15, 0.2) is 54.6 Å². The van der Waals surface area contributed by atoms with Gasteiger partial charge in [-0.3, -0.25) is 4.79 Å². The van der Waals surface area contributed by atoms with Crippen LogP contribution in [0.2, 0.25) is 0 Å². The van der Waals surface area contributed by atoms with Gasteiger partial charge in [0.15, 0.2) is 0 Å². The molecule has 3 aromatic rings. The van der Waals surface area contributed by atoms with Gasteiger partial charge in [-0.2, -0.15) is 0 Å². The van der Waals surface area contributed by atoms with Crippen molar-refractivity contribution in [1.29, 1.82) is 0 Å². The zero-order valence-electron chi connectivity index (χ0n) is 18.6. The molecule has 34 heavy (non-hydrogen) atoms. The van der Waals surface area contributed by atoms with E-state index in [-0.39, 0.29) is 55.3 Å². The first-order valence-electron chi connectivity index (χ1n) is 10.5. The highest BCUT2D eigenvalue weighted by Crippen LogP contribution is 2.33. The van der Waals surface area contributed by atoms with Crippen LogP contribution >= 0.6 is 49.0 Å². The van der Waals surface area contributed by atoms with Gasteiger partial charge in [-0.05, 0) is 12.1 Å². The van der Waals surface area contributed by atoms with Crippen molar-refractivity contribution in [2.75, 3.05) is 31.8 Å². The van der Waals surface area contributed by atoms with Crippen LogP contribution in [0, 0.1) is 0 Å². The number of aromatic nitrogens is 1. The number of hydrogen-bond acceptors (Lipinski definition) is 6. The smallest absolute Gasteiger partial charge is 0.240 e. The number of fused-ring (bicyclic) bond motifs is 1. The molecule has 0 bridgehead atoms. The number of carbonyl (C=O) groups excluding carboxylic acids is 1. The summed E-state index contributed by atoms with van der Waals surface area (Å²) in [6, 6.07) is 17.7. The minimum absolute atomic E-state index is 0. The van der Waals surface area contributed by atoms with Gasteiger partial charge in [0.2, 0.25) is 5.91 Å². The maximum Gasteiger partial charge on any atom is 0.240 e. The van der Waals surface area contributed by atoms with Gasteiger partial charge in [-0.1, -0.05) is 30.3 Å². The number of pyridine rings is 1. The first kappa shape index (κ1) is 28.3. The summed E-state index contributed by atoms with van der Waals surface area (Å²) in [6.45, 7) is 1.49. The van der Waals surface area contributed by atoms with E-state index >= 15 is 0 Å². The number of halogens is 3. The summed E-state index contributed by atoms with van der Waals surface area (Å²) in [6.07, 6.45) is 0.598. The summed E-state index contributed by atoms with van der Waals surface area (Å²) in [5.74, 6) is 3.54. The number of amides is 1. The van der Waals surface area contributed by atoms with Gasteiger partial charge in [0, 0.05) is 48.3 Å². The summed E-state index contributed by atoms with van der Waals surface area (Å²) >= 11 is 1.81. The van der Waals surface area contributed by atoms with E-state index < -0.39 is 0 Å². The van der Waals surface area contributed by atoms with Gasteiger partial charge in [0.05, 0.1) is 30.2 Å². The first-order valence-corrected chi connectivity index (χ1v) is 11.7. The van der Waals surface area contributed by atoms with Crippen molar-refractivity contribution in [3.63, 3.8) is 0 Å². The molecular formula is C24H28Cl3N3O3S. The second-order valence-electron chi connectivity index (χ2n) is 7.83. The van der Waals surface area contributed by atoms with Gasteiger partial charge >= 0.3 is 0 Å². The number of rotatable bonds is 5. The third-order valence-corrected chi connectivity index (χ3v) is 6.76. The average molecular weight is 545 g/mol. The van der Waals surface area contributed by atoms with Crippen molar-refractivity contribution in [3.8, 4) is 22.8 Å². The van der Waals surface area contributed by atoms with Gasteiger partial charge in [-0.25, -0.2) is 4.98 Å². The van der Waals surface area contributed by atoms with Crippen LogP contribution in [0.25, 0.3) is 22.2 Å². The number of benzene rings is 2. The molecule has 1 N–H and O–H groups in total. The fourth-order valence-corrected chi connectivity index (χ4v) is 5.08. The molecule has 2 aromatic carbocycles. The average Bonchev–Trinajstić information content (AvgIpc) is 3.51. The van der Waals surface area contributed by atoms with Crippen molar-refractivity contribution in [2.24, 2.45) is 0 Å². The normalized spacial score (nSPS) is 19.0. The van der Waals surface area contributed by atoms with Crippen molar-refractivity contribution in [1.82, 2.24) is 15.2 Å². The third kappa shape index (κ3) is 6.01. The molecule has 2 aliphatic rings. The van der Waals surface area contributed by atoms with E-state index in [1.54, 1.807) is 18.9 Å². The summed E-state index contributed by atoms with van der Waals surface area (Å²) in [7, 11) is 1.65. The van der Waals surface area contributed by atoms with E-state index in [9.17, 15) is 4.79 Å². The van der Waals surface area contributed by atoms with E-state index in [0.717, 1.165) is 51.8 Å². The fraction of sp³-hybridized carbons (Fsp3) is 0.333. The number of thioether (sulfide) groups is 1. The third-order valence-electron chi connectivity index (χ3n) is 5.80. The summed E-state index contributed by atoms with van der Waals surface area (Å²) in [4.78, 5) is 19.5. The lowest BCUT2D eigenvalue weighted by Crippen LogP contribution is -2.42. The minimum Gasteiger partial charge on any atom is -0.497 e. The first-order chi connectivity index (χ1) is 15.2. The molecule has 184 valence electrons. The van der Waals surface area contributed by atoms with Crippen molar-refractivity contribution < 1.29 is 14.3 Å². The Balaban J connectivity index is 0.00000136. The fourth-order valence-electron chi connectivity index (χ4n) is 4.13. The van der Waals surface area contributed by atoms with Crippen LogP contribution in [0.5, 0.6) is 11.5 Å². The molecular weight excluding hydrogens is 517 g/mol. The molecule has 0 radical (unpaired) electrons. The lowest BCUT2D eigenvalue weighted by atomic mass is 10.1. The van der Waals surface area contributed by atoms with Crippen LogP contribution in [-0.2, 0) is 4.79 Å². The zero-order valence-corrected chi connectivity index (χ0v) is 21.9. The van der Waals surface area contributed by atoms with Crippen LogP contribution in [-0.4, -0.2) is 59.8 Å². The summed E-state index contributed by atoms with van der Waals surface area (Å²) < 4.78 is 11.8. The quantitative estimate of drug-likeness (QED) is 0.497. The van der Waals surface area contributed by atoms with E-state index in [4.69, 9.17) is 14.5 Å². The molecule has 2 aliphatic heterocycles. The highest BCUT2D eigenvalue weighted by molar-refractivity contribution is 7.99. The van der Waals surface area contributed by atoms with Gasteiger partial charge in [0.1, 0.15) is 17.6 Å². The lowest BCUT2D eigenvalue weighted by Gasteiger charge is -2.19. The largest absolute Gasteiger partial charge is 0.497 e. The van der Waals surface area contributed by atoms with Crippen LogP contribution < -0.4 is 14.8 Å². The zero-order chi connectivity index (χ0) is 21.2. The molecule has 0 saturated carbocycles. The second-order valence-corrected chi connectivity index (χ2v) is 8.90. The Labute approximate surface area is 222 Å². The summed E-state index contributed by atoms with van der Waals surface area (Å²) in [5.41, 5.74) is 2.70. The molecule has 2 saturated heterocycles. The molecule has 0 unspecified atom stereocenters. The Hall–Kier alpha value is -1.90. The Morgan fingerprint density at radius 3 is 2.62 bits per heavy atom. The Bertz CT molecular complexity index is 1100. The predicted molar refractivity (Wildman–Crippen MR) is 145 cm³/mol. The number of carbonyl (C=O) groups is 1. The van der Waals surface area contributed by atoms with E-state index in [0.29, 0.717) is 13.0 Å². The van der Waals surface area contributed by atoms with Crippen LogP contribution in [0.3, 0.4) is 0 Å². The number of hydrogen-bond donors (Lipinski definition) is 1. The van der Waals surface area contributed by atoms with Crippen LogP contribution in [0.4, 0.5) is 0 Å². The maximum absolute atomic E-state index is 12.7. The number of methoxy groups -OCH3 is 1. The number of nitrogens with zero attached hydrogens (tertiary/aromatic N) is 2. The SMILES string of the molecule is COc1ccc2c(O[C@H]3CN[C@H](C(=O)N4CCSC4)C3)cc(-c3ccccc3)nc2c1.Cl.Cl.Cl. The Kier molecular flexibility index (Phi) is 10.6. The van der Waals surface area contributed by atoms with Gasteiger partial charge < -0.3 is 19.7 Å². The second kappa shape index (κ2) is 12.7. The molecule has 2 fully saturated rings. The standard InChI is InChI=1S/C24H25N3O3S.3ClH/c1-29-17-7-8-19-21(11-17)26-20(16-5-3-2-4-6-16)13-23(19)30-18-12-22(25-14-18)24(28)27-9-10-31-15-27;;;/h2-8,11,13,18,22,25H,9-10,12,14-15H2,1H3;3*1H/t18-,22+;;;/m1.../s1. The number of ether oxygens (including phenoxy) is 2. The topological polar surface area (TPSA) is 63.7 Å². The monoisotopic (exact) mass is 543 g/mol. The lowest BCUT2D eigenvalue weighted by molar-refractivity contribution is -0.131. The van der Waals surface area contributed by atoms with Gasteiger partial charge in [-0.15, -0.1) is 49.0 Å². The van der Waals surface area contributed by atoms with Crippen molar-refractivity contribution in [2.45, 2.75) is 18.6 Å². The Morgan fingerprint density at radius 2 is 1.91 bits per heavy atom. The van der Waals surface area contributed by atoms with E-state index in [1.807, 2.05) is 59.5 Å². The molecule has 0 spiro atoms. The Morgan fingerprint density at radius 1 is 1.12 bits per heavy atom. The molecule has 3 heterocycles. The van der Waals surface area contributed by atoms with Gasteiger partial charge in [0.25, 0.3) is 0 Å². The maximum atomic E-state index is 12.7. The predicted octanol–water partition coefficient (Wildman–Crippen LogP) is 4.82. The minimum atomic E-state index is -0.175. The molecule has 1 amide bonds. The molecule has 2 atom stereocenters. The van der Waals surface area contributed by atoms with Crippen molar-refractivity contribution >= 4 is 65.8 Å². The molecule has 5 rings (SSSR count). The van der Waals surface area contributed by atoms with E-state index in [2.05, 4.69) is 5.32 Å².